The van der Waals surface area contributed by atoms with E-state index < -0.39 is 5.97 Å². The van der Waals surface area contributed by atoms with Crippen molar-refractivity contribution >= 4 is 23.4 Å². The zero-order valence-electron chi connectivity index (χ0n) is 9.62. The Kier molecular flexibility index (Phi) is 3.27. The number of aromatic amines is 1. The largest absolute Gasteiger partial charge is 0.462 e. The Bertz CT molecular complexity index is 452. The molecule has 0 aliphatic carbocycles. The highest BCUT2D eigenvalue weighted by Crippen LogP contribution is 2.20. The maximum Gasteiger partial charge on any atom is 0.345 e. The van der Waals surface area contributed by atoms with Gasteiger partial charge in [-0.15, -0.1) is 0 Å². The second kappa shape index (κ2) is 4.86. The molecule has 2 heterocycles. The van der Waals surface area contributed by atoms with E-state index in [1.165, 1.54) is 0 Å². The minimum absolute atomic E-state index is 0.199. The summed E-state index contributed by atoms with van der Waals surface area (Å²) in [6, 6.07) is 0. The van der Waals surface area contributed by atoms with Crippen molar-refractivity contribution in [3.05, 3.63) is 5.56 Å². The SMILES string of the molecule is CCOC(=O)c1c(NC2=NCCC2)n[nH]c1N. The van der Waals surface area contributed by atoms with E-state index in [9.17, 15) is 4.79 Å². The second-order valence-corrected chi connectivity index (χ2v) is 3.64. The molecule has 0 amide bonds. The van der Waals surface area contributed by atoms with Crippen LogP contribution in [-0.4, -0.2) is 35.2 Å². The molecule has 1 aliphatic heterocycles. The third-order valence-corrected chi connectivity index (χ3v) is 2.41. The smallest absolute Gasteiger partial charge is 0.345 e. The predicted octanol–water partition coefficient (Wildman–Crippen LogP) is 0.773. The number of ether oxygens (including phenoxy) is 1. The topological polar surface area (TPSA) is 105 Å². The van der Waals surface area contributed by atoms with Crippen molar-refractivity contribution in [3.63, 3.8) is 0 Å². The molecular formula is C10H15N5O2. The lowest BCUT2D eigenvalue weighted by Gasteiger charge is -2.05. The molecule has 1 aromatic heterocycles. The number of aromatic nitrogens is 2. The van der Waals surface area contributed by atoms with Gasteiger partial charge in [-0.2, -0.15) is 5.10 Å². The summed E-state index contributed by atoms with van der Waals surface area (Å²) in [6.45, 7) is 2.84. The third kappa shape index (κ3) is 2.38. The lowest BCUT2D eigenvalue weighted by molar-refractivity contribution is 0.0529. The second-order valence-electron chi connectivity index (χ2n) is 3.64. The Morgan fingerprint density at radius 1 is 1.65 bits per heavy atom. The molecule has 4 N–H and O–H groups in total. The molecule has 0 saturated carbocycles. The number of aliphatic imine (C=N–C) groups is 1. The van der Waals surface area contributed by atoms with Gasteiger partial charge in [-0.05, 0) is 13.3 Å². The lowest BCUT2D eigenvalue weighted by atomic mass is 10.3. The number of nitrogens with zero attached hydrogens (tertiary/aromatic N) is 2. The number of nitrogens with one attached hydrogen (secondary N) is 2. The number of esters is 1. The van der Waals surface area contributed by atoms with Gasteiger partial charge in [0.2, 0.25) is 0 Å². The first kappa shape index (κ1) is 11.4. The Hall–Kier alpha value is -2.05. The van der Waals surface area contributed by atoms with Crippen LogP contribution in [0, 0.1) is 0 Å². The van der Waals surface area contributed by atoms with Crippen molar-refractivity contribution < 1.29 is 9.53 Å². The minimum atomic E-state index is -0.486. The third-order valence-electron chi connectivity index (χ3n) is 2.41. The van der Waals surface area contributed by atoms with E-state index in [4.69, 9.17) is 10.5 Å². The van der Waals surface area contributed by atoms with E-state index >= 15 is 0 Å². The number of anilines is 2. The molecular weight excluding hydrogens is 222 g/mol. The van der Waals surface area contributed by atoms with Gasteiger partial charge in [0.05, 0.1) is 6.61 Å². The van der Waals surface area contributed by atoms with Crippen molar-refractivity contribution in [2.45, 2.75) is 19.8 Å². The Morgan fingerprint density at radius 2 is 2.47 bits per heavy atom. The number of carbonyl (C=O) groups is 1. The molecule has 7 heteroatoms. The van der Waals surface area contributed by atoms with Crippen LogP contribution in [0.3, 0.4) is 0 Å². The molecule has 0 atom stereocenters. The fourth-order valence-electron chi connectivity index (χ4n) is 1.63. The molecule has 1 aliphatic rings. The Labute approximate surface area is 98.4 Å². The van der Waals surface area contributed by atoms with Gasteiger partial charge in [0, 0.05) is 13.0 Å². The molecule has 0 radical (unpaired) electrons. The predicted molar refractivity (Wildman–Crippen MR) is 64.1 cm³/mol. The number of hydrogen-bond acceptors (Lipinski definition) is 6. The quantitative estimate of drug-likeness (QED) is 0.673. The number of rotatable bonds is 3. The fourth-order valence-corrected chi connectivity index (χ4v) is 1.63. The van der Waals surface area contributed by atoms with Crippen LogP contribution in [0.15, 0.2) is 4.99 Å². The molecule has 1 aromatic rings. The van der Waals surface area contributed by atoms with E-state index in [1.54, 1.807) is 6.92 Å². The molecule has 0 aromatic carbocycles. The van der Waals surface area contributed by atoms with E-state index in [-0.39, 0.29) is 11.4 Å². The van der Waals surface area contributed by atoms with Gasteiger partial charge in [0.15, 0.2) is 5.82 Å². The van der Waals surface area contributed by atoms with E-state index in [2.05, 4.69) is 20.5 Å². The highest BCUT2D eigenvalue weighted by atomic mass is 16.5. The maximum atomic E-state index is 11.7. The zero-order valence-corrected chi connectivity index (χ0v) is 9.62. The summed E-state index contributed by atoms with van der Waals surface area (Å²) in [5.74, 6) is 0.910. The van der Waals surface area contributed by atoms with Crippen LogP contribution in [-0.2, 0) is 4.74 Å². The van der Waals surface area contributed by atoms with Crippen LogP contribution in [0.1, 0.15) is 30.1 Å². The average molecular weight is 237 g/mol. The van der Waals surface area contributed by atoms with Gasteiger partial charge >= 0.3 is 5.97 Å². The van der Waals surface area contributed by atoms with Gasteiger partial charge in [-0.25, -0.2) is 4.79 Å². The summed E-state index contributed by atoms with van der Waals surface area (Å²) in [5, 5.41) is 9.50. The maximum absolute atomic E-state index is 11.7. The van der Waals surface area contributed by atoms with Crippen molar-refractivity contribution in [2.75, 3.05) is 24.2 Å². The summed E-state index contributed by atoms with van der Waals surface area (Å²) >= 11 is 0. The van der Waals surface area contributed by atoms with Crippen LogP contribution in [0.4, 0.5) is 11.6 Å². The Morgan fingerprint density at radius 3 is 3.12 bits per heavy atom. The standard InChI is InChI=1S/C10H15N5O2/c1-2-17-10(16)7-8(11)14-15-9(7)13-6-4-3-5-12-6/h2-5H2,1H3,(H4,11,12,13,14,15). The number of nitrogen functional groups attached to an aromatic ring is 1. The monoisotopic (exact) mass is 237 g/mol. The number of amidine groups is 1. The fraction of sp³-hybridized carbons (Fsp3) is 0.500. The molecule has 0 fully saturated rings. The van der Waals surface area contributed by atoms with Crippen molar-refractivity contribution in [3.8, 4) is 0 Å². The summed E-state index contributed by atoms with van der Waals surface area (Å²) in [7, 11) is 0. The molecule has 17 heavy (non-hydrogen) atoms. The van der Waals surface area contributed by atoms with E-state index in [1.807, 2.05) is 0 Å². The summed E-state index contributed by atoms with van der Waals surface area (Å²) in [5.41, 5.74) is 5.89. The number of hydrogen-bond donors (Lipinski definition) is 3. The van der Waals surface area contributed by atoms with Crippen molar-refractivity contribution in [1.29, 1.82) is 0 Å². The molecule has 0 saturated heterocycles. The van der Waals surface area contributed by atoms with Crippen LogP contribution in [0.25, 0.3) is 0 Å². The Balaban J connectivity index is 2.19. The molecule has 2 rings (SSSR count). The van der Waals surface area contributed by atoms with Crippen LogP contribution in [0.2, 0.25) is 0 Å². The van der Waals surface area contributed by atoms with Crippen molar-refractivity contribution in [1.82, 2.24) is 10.2 Å². The normalized spacial score (nSPS) is 14.5. The van der Waals surface area contributed by atoms with Gasteiger partial charge in [-0.1, -0.05) is 0 Å². The number of H-pyrrole nitrogens is 1. The minimum Gasteiger partial charge on any atom is -0.462 e. The highest BCUT2D eigenvalue weighted by Gasteiger charge is 2.21. The van der Waals surface area contributed by atoms with Crippen LogP contribution in [0.5, 0.6) is 0 Å². The first-order valence-electron chi connectivity index (χ1n) is 5.53. The molecule has 7 nitrogen and oxygen atoms in total. The van der Waals surface area contributed by atoms with E-state index in [0.29, 0.717) is 12.4 Å². The van der Waals surface area contributed by atoms with Gasteiger partial charge < -0.3 is 15.8 Å². The van der Waals surface area contributed by atoms with Crippen LogP contribution < -0.4 is 11.1 Å². The molecule has 0 unspecified atom stereocenters. The van der Waals surface area contributed by atoms with Crippen molar-refractivity contribution in [2.24, 2.45) is 4.99 Å². The molecule has 0 spiro atoms. The lowest BCUT2D eigenvalue weighted by Crippen LogP contribution is -2.14. The highest BCUT2D eigenvalue weighted by molar-refractivity contribution is 6.05. The van der Waals surface area contributed by atoms with Gasteiger partial charge in [0.1, 0.15) is 17.2 Å². The summed E-state index contributed by atoms with van der Waals surface area (Å²) < 4.78 is 4.91. The molecule has 0 bridgehead atoms. The zero-order chi connectivity index (χ0) is 12.3. The number of nitrogens with two attached hydrogens (primary N) is 1. The van der Waals surface area contributed by atoms with Gasteiger partial charge in [-0.3, -0.25) is 10.1 Å². The van der Waals surface area contributed by atoms with E-state index in [0.717, 1.165) is 25.2 Å². The average Bonchev–Trinajstić information content (AvgIpc) is 2.90. The van der Waals surface area contributed by atoms with Gasteiger partial charge in [0.25, 0.3) is 0 Å². The first-order valence-corrected chi connectivity index (χ1v) is 5.53. The molecule has 92 valence electrons. The number of carbonyl (C=O) groups excluding carboxylic acids is 1. The first-order chi connectivity index (χ1) is 8.22. The van der Waals surface area contributed by atoms with Crippen LogP contribution >= 0.6 is 0 Å². The summed E-state index contributed by atoms with van der Waals surface area (Å²) in [4.78, 5) is 15.9. The summed E-state index contributed by atoms with van der Waals surface area (Å²) in [6.07, 6.45) is 1.87.